The summed E-state index contributed by atoms with van der Waals surface area (Å²) in [5.41, 5.74) is 8.57. The number of hydrogen-bond acceptors (Lipinski definition) is 13. The number of carbonyl (C=O) groups excluding carboxylic acids is 1. The number of nitrogens with zero attached hydrogens (tertiary/aromatic N) is 3. The normalized spacial score (nSPS) is 21.1. The highest BCUT2D eigenvalue weighted by Crippen LogP contribution is 2.33. The Balaban J connectivity index is 1.03. The highest BCUT2D eigenvalue weighted by molar-refractivity contribution is 8.76. The summed E-state index contributed by atoms with van der Waals surface area (Å²) in [7, 11) is 4.79. The number of amides is 1. The molecule has 0 bridgehead atoms. The van der Waals surface area contributed by atoms with Gasteiger partial charge in [-0.2, -0.15) is 0 Å². The topological polar surface area (TPSA) is 196 Å². The summed E-state index contributed by atoms with van der Waals surface area (Å²) >= 11 is 3.10. The molecular weight excluding hydrogens is 705 g/mol. The van der Waals surface area contributed by atoms with Gasteiger partial charge in [0, 0.05) is 49.1 Å². The molecule has 1 aliphatic carbocycles. The molecule has 5 rings (SSSR count). The molecular formula is C32H42N8O5S4. The number of carboxylic acids is 1. The number of aliphatic hydroxyl groups is 1. The Morgan fingerprint density at radius 2 is 2.02 bits per heavy atom. The molecule has 264 valence electrons. The third kappa shape index (κ3) is 11.1. The number of ether oxygens (including phenoxy) is 1. The second-order valence-electron chi connectivity index (χ2n) is 11.5. The molecule has 2 aromatic carbocycles. The van der Waals surface area contributed by atoms with Crippen molar-refractivity contribution in [3.63, 3.8) is 0 Å². The molecule has 49 heavy (non-hydrogen) atoms. The molecule has 1 aliphatic heterocycles. The number of carbonyl (C=O) groups is 2. The Kier molecular flexibility index (Phi) is 14.1. The SMILES string of the molecule is CN=C(N)NCCC1CC(NC(CSSCCCNc2ccc3nc(C4=N[C@@H](O)CS4)sc3c2)C(=O)O)[C@@H]1NC(=O)OCc1ccccc1. The van der Waals surface area contributed by atoms with E-state index in [1.54, 1.807) is 29.2 Å². The maximum atomic E-state index is 12.7. The van der Waals surface area contributed by atoms with Gasteiger partial charge < -0.3 is 36.6 Å². The van der Waals surface area contributed by atoms with Gasteiger partial charge in [-0.05, 0) is 48.9 Å². The molecule has 1 amide bonds. The summed E-state index contributed by atoms with van der Waals surface area (Å²) < 4.78 is 6.51. The van der Waals surface area contributed by atoms with Crippen molar-refractivity contribution in [1.82, 2.24) is 20.9 Å². The van der Waals surface area contributed by atoms with E-state index in [9.17, 15) is 19.8 Å². The van der Waals surface area contributed by atoms with E-state index in [4.69, 9.17) is 10.5 Å². The lowest BCUT2D eigenvalue weighted by Crippen LogP contribution is -2.65. The molecule has 2 heterocycles. The summed E-state index contributed by atoms with van der Waals surface area (Å²) in [6, 6.07) is 14.3. The number of hydrogen-bond donors (Lipinski definition) is 7. The molecule has 13 nitrogen and oxygen atoms in total. The third-order valence-electron chi connectivity index (χ3n) is 8.03. The van der Waals surface area contributed by atoms with E-state index in [0.717, 1.165) is 56.7 Å². The van der Waals surface area contributed by atoms with Gasteiger partial charge in [-0.15, -0.1) is 11.3 Å². The number of anilines is 1. The number of thioether (sulfide) groups is 1. The van der Waals surface area contributed by atoms with Crippen LogP contribution in [0.25, 0.3) is 10.2 Å². The maximum absolute atomic E-state index is 12.7. The van der Waals surface area contributed by atoms with Crippen molar-refractivity contribution in [2.24, 2.45) is 21.6 Å². The molecule has 1 saturated carbocycles. The molecule has 1 fully saturated rings. The quantitative estimate of drug-likeness (QED) is 0.0429. The van der Waals surface area contributed by atoms with E-state index in [1.807, 2.05) is 42.5 Å². The minimum Gasteiger partial charge on any atom is -0.480 e. The van der Waals surface area contributed by atoms with E-state index < -0.39 is 24.3 Å². The summed E-state index contributed by atoms with van der Waals surface area (Å²) in [5, 5.41) is 34.0. The number of aromatic nitrogens is 1. The zero-order chi connectivity index (χ0) is 34.6. The van der Waals surface area contributed by atoms with Crippen molar-refractivity contribution in [3.05, 3.63) is 59.1 Å². The molecule has 5 atom stereocenters. The summed E-state index contributed by atoms with van der Waals surface area (Å²) in [6.45, 7) is 1.52. The van der Waals surface area contributed by atoms with Gasteiger partial charge in [0.2, 0.25) is 0 Å². The van der Waals surface area contributed by atoms with Crippen LogP contribution < -0.4 is 27.0 Å². The number of aliphatic imine (C=N–C) groups is 2. The number of thiazole rings is 1. The van der Waals surface area contributed by atoms with Crippen molar-refractivity contribution < 1.29 is 24.5 Å². The lowest BCUT2D eigenvalue weighted by Gasteiger charge is -2.46. The molecule has 0 radical (unpaired) electrons. The smallest absolute Gasteiger partial charge is 0.407 e. The summed E-state index contributed by atoms with van der Waals surface area (Å²) in [5.74, 6) is 1.36. The predicted octanol–water partition coefficient (Wildman–Crippen LogP) is 3.94. The Morgan fingerprint density at radius 3 is 2.78 bits per heavy atom. The number of rotatable bonds is 18. The van der Waals surface area contributed by atoms with Crippen LogP contribution in [0, 0.1) is 5.92 Å². The number of carboxylic acid groups (broad SMARTS) is 1. The fourth-order valence-electron chi connectivity index (χ4n) is 5.40. The molecule has 8 N–H and O–H groups in total. The number of aliphatic carboxylic acids is 1. The molecule has 2 aliphatic rings. The predicted molar refractivity (Wildman–Crippen MR) is 203 cm³/mol. The average Bonchev–Trinajstić information content (AvgIpc) is 3.73. The van der Waals surface area contributed by atoms with Gasteiger partial charge in [0.1, 0.15) is 22.7 Å². The first kappa shape index (κ1) is 37.0. The van der Waals surface area contributed by atoms with E-state index in [0.29, 0.717) is 30.4 Å². The number of benzene rings is 2. The number of aliphatic hydroxyl groups excluding tert-OH is 1. The Bertz CT molecular complexity index is 1610. The van der Waals surface area contributed by atoms with Crippen molar-refractivity contribution in [2.75, 3.05) is 42.7 Å². The van der Waals surface area contributed by atoms with Crippen LogP contribution in [0.3, 0.4) is 0 Å². The maximum Gasteiger partial charge on any atom is 0.407 e. The van der Waals surface area contributed by atoms with Crippen molar-refractivity contribution in [2.45, 2.75) is 50.2 Å². The average molecular weight is 747 g/mol. The van der Waals surface area contributed by atoms with Crippen LogP contribution in [0.5, 0.6) is 0 Å². The van der Waals surface area contributed by atoms with Gasteiger partial charge >= 0.3 is 12.1 Å². The fraction of sp³-hybridized carbons (Fsp3) is 0.469. The van der Waals surface area contributed by atoms with Crippen LogP contribution in [0.4, 0.5) is 10.5 Å². The zero-order valence-corrected chi connectivity index (χ0v) is 30.3. The Morgan fingerprint density at radius 1 is 1.18 bits per heavy atom. The second kappa shape index (κ2) is 18.7. The fourth-order valence-corrected chi connectivity index (χ4v) is 9.60. The van der Waals surface area contributed by atoms with Gasteiger partial charge in [0.05, 0.1) is 16.3 Å². The van der Waals surface area contributed by atoms with Gasteiger partial charge in [0.25, 0.3) is 0 Å². The zero-order valence-electron chi connectivity index (χ0n) is 27.0. The third-order valence-corrected chi connectivity index (χ3v) is 12.7. The van der Waals surface area contributed by atoms with Crippen LogP contribution in [0.2, 0.25) is 0 Å². The number of fused-ring (bicyclic) bond motifs is 1. The molecule has 1 aromatic heterocycles. The summed E-state index contributed by atoms with van der Waals surface area (Å²) in [4.78, 5) is 37.7. The Hall–Kier alpha value is -3.22. The first-order valence-corrected chi connectivity index (χ1v) is 20.3. The van der Waals surface area contributed by atoms with E-state index >= 15 is 0 Å². The number of guanidine groups is 1. The highest BCUT2D eigenvalue weighted by Gasteiger charge is 2.43. The van der Waals surface area contributed by atoms with E-state index in [-0.39, 0.29) is 24.6 Å². The van der Waals surface area contributed by atoms with E-state index in [2.05, 4.69) is 42.3 Å². The molecule has 3 unspecified atom stereocenters. The molecule has 0 saturated heterocycles. The van der Waals surface area contributed by atoms with Crippen molar-refractivity contribution >= 4 is 83.7 Å². The molecule has 17 heteroatoms. The minimum atomic E-state index is -0.923. The van der Waals surface area contributed by atoms with Crippen LogP contribution >= 0.6 is 44.7 Å². The van der Waals surface area contributed by atoms with Gasteiger partial charge in [-0.1, -0.05) is 63.7 Å². The van der Waals surface area contributed by atoms with Crippen LogP contribution in [-0.4, -0.2) is 100 Å². The highest BCUT2D eigenvalue weighted by atomic mass is 33.1. The lowest BCUT2D eigenvalue weighted by molar-refractivity contribution is -0.139. The van der Waals surface area contributed by atoms with Gasteiger partial charge in [0.15, 0.2) is 12.2 Å². The first-order chi connectivity index (χ1) is 23.8. The molecule has 0 spiro atoms. The summed E-state index contributed by atoms with van der Waals surface area (Å²) in [6.07, 6.45) is 1.16. The number of alkyl carbamates (subject to hydrolysis) is 1. The lowest BCUT2D eigenvalue weighted by atomic mass is 9.72. The number of nitrogens with one attached hydrogen (secondary N) is 4. The minimum absolute atomic E-state index is 0.122. The van der Waals surface area contributed by atoms with Crippen LogP contribution in [-0.2, 0) is 16.1 Å². The largest absolute Gasteiger partial charge is 0.480 e. The van der Waals surface area contributed by atoms with Crippen molar-refractivity contribution in [3.8, 4) is 0 Å². The number of nitrogens with two attached hydrogens (primary N) is 1. The van der Waals surface area contributed by atoms with Crippen molar-refractivity contribution in [1.29, 1.82) is 0 Å². The monoisotopic (exact) mass is 746 g/mol. The first-order valence-electron chi connectivity index (χ1n) is 16.0. The van der Waals surface area contributed by atoms with Crippen LogP contribution in [0.1, 0.15) is 29.8 Å². The second-order valence-corrected chi connectivity index (χ2v) is 16.2. The van der Waals surface area contributed by atoms with Crippen LogP contribution in [0.15, 0.2) is 58.5 Å². The molecule has 3 aromatic rings. The standard InChI is InChI=1S/C32H42N8O5S4/c1-34-31(33)36-12-10-20-14-23(27(20)40-32(44)45-16-19-6-3-2-4-7-19)37-24(30(42)43)17-48-47-13-5-11-35-21-8-9-22-25(15-21)49-29(38-22)28-39-26(41)18-46-28/h2-4,6-9,15,20,23-24,26-27,35,37,41H,5,10-14,16-18H2,1H3,(H,40,44)(H,42,43)(H3,33,34,36)/t20?,23?,24?,26-,27+/m0/s1. The van der Waals surface area contributed by atoms with Gasteiger partial charge in [-0.25, -0.2) is 14.8 Å². The Labute approximate surface area is 301 Å². The van der Waals surface area contributed by atoms with E-state index in [1.165, 1.54) is 22.6 Å². The van der Waals surface area contributed by atoms with Gasteiger partial charge in [-0.3, -0.25) is 15.1 Å².